The second kappa shape index (κ2) is 7.49. The van der Waals surface area contributed by atoms with Gasteiger partial charge >= 0.3 is 12.0 Å². The highest BCUT2D eigenvalue weighted by Gasteiger charge is 2.14. The van der Waals surface area contributed by atoms with E-state index < -0.39 is 12.0 Å². The van der Waals surface area contributed by atoms with Gasteiger partial charge in [-0.05, 0) is 28.1 Å². The molecule has 7 nitrogen and oxygen atoms in total. The predicted molar refractivity (Wildman–Crippen MR) is 76.8 cm³/mol. The summed E-state index contributed by atoms with van der Waals surface area (Å²) in [5.41, 5.74) is 0.161. The highest BCUT2D eigenvalue weighted by atomic mass is 79.9. The molecular weight excluding hydrogens is 330 g/mol. The van der Waals surface area contributed by atoms with Crippen molar-refractivity contribution < 1.29 is 19.5 Å². The number of aromatic carboxylic acids is 1. The van der Waals surface area contributed by atoms with E-state index in [4.69, 9.17) is 5.11 Å². The number of nitrogens with one attached hydrogen (secondary N) is 3. The van der Waals surface area contributed by atoms with Gasteiger partial charge in [0.15, 0.2) is 0 Å². The maximum atomic E-state index is 11.6. The van der Waals surface area contributed by atoms with E-state index in [2.05, 4.69) is 31.9 Å². The summed E-state index contributed by atoms with van der Waals surface area (Å²) in [5.74, 6) is -1.33. The van der Waals surface area contributed by atoms with Gasteiger partial charge in [-0.1, -0.05) is 6.07 Å². The van der Waals surface area contributed by atoms with E-state index >= 15 is 0 Å². The molecule has 1 aromatic rings. The van der Waals surface area contributed by atoms with Crippen molar-refractivity contribution in [3.05, 3.63) is 28.2 Å². The van der Waals surface area contributed by atoms with Gasteiger partial charge in [-0.3, -0.25) is 4.79 Å². The van der Waals surface area contributed by atoms with Crippen LogP contribution in [0.3, 0.4) is 0 Å². The van der Waals surface area contributed by atoms with E-state index in [1.165, 1.54) is 13.0 Å². The lowest BCUT2D eigenvalue weighted by Crippen LogP contribution is -2.36. The van der Waals surface area contributed by atoms with E-state index in [0.717, 1.165) is 0 Å². The average Bonchev–Trinajstić information content (AvgIpc) is 2.36. The molecule has 108 valence electrons. The fraction of sp³-hybridized carbons (Fsp3) is 0.250. The number of carbonyl (C=O) groups excluding carboxylic acids is 2. The second-order valence-electron chi connectivity index (χ2n) is 3.83. The first-order chi connectivity index (χ1) is 9.41. The molecule has 20 heavy (non-hydrogen) atoms. The third-order valence-corrected chi connectivity index (χ3v) is 2.93. The van der Waals surface area contributed by atoms with Gasteiger partial charge in [0, 0.05) is 24.5 Å². The minimum Gasteiger partial charge on any atom is -0.478 e. The van der Waals surface area contributed by atoms with E-state index in [1.54, 1.807) is 12.1 Å². The molecule has 0 unspecified atom stereocenters. The molecule has 0 aliphatic rings. The van der Waals surface area contributed by atoms with Crippen LogP contribution in [0, 0.1) is 0 Å². The van der Waals surface area contributed by atoms with E-state index in [0.29, 0.717) is 11.0 Å². The molecule has 0 aliphatic heterocycles. The fourth-order valence-corrected chi connectivity index (χ4v) is 1.87. The van der Waals surface area contributed by atoms with Gasteiger partial charge < -0.3 is 21.1 Å². The van der Waals surface area contributed by atoms with Crippen LogP contribution in [0.15, 0.2) is 22.7 Å². The van der Waals surface area contributed by atoms with Crippen molar-refractivity contribution in [3.8, 4) is 0 Å². The summed E-state index contributed by atoms with van der Waals surface area (Å²) in [6.45, 7) is 1.91. The summed E-state index contributed by atoms with van der Waals surface area (Å²) in [7, 11) is 0. The fourth-order valence-electron chi connectivity index (χ4n) is 1.40. The molecule has 0 bridgehead atoms. The van der Waals surface area contributed by atoms with Crippen LogP contribution in [0.1, 0.15) is 17.3 Å². The molecule has 0 spiro atoms. The van der Waals surface area contributed by atoms with Crippen molar-refractivity contribution in [2.75, 3.05) is 18.4 Å². The van der Waals surface area contributed by atoms with Crippen molar-refractivity contribution in [2.45, 2.75) is 6.92 Å². The van der Waals surface area contributed by atoms with Crippen LogP contribution >= 0.6 is 15.9 Å². The molecule has 1 rings (SSSR count). The third-order valence-electron chi connectivity index (χ3n) is 2.27. The number of hydrogen-bond acceptors (Lipinski definition) is 3. The average molecular weight is 344 g/mol. The molecule has 0 fully saturated rings. The lowest BCUT2D eigenvalue weighted by Gasteiger charge is -2.11. The maximum absolute atomic E-state index is 11.6. The molecule has 0 aromatic heterocycles. The summed E-state index contributed by atoms with van der Waals surface area (Å²) >= 11 is 3.18. The second-order valence-corrected chi connectivity index (χ2v) is 4.69. The number of carbonyl (C=O) groups is 3. The highest BCUT2D eigenvalue weighted by molar-refractivity contribution is 9.10. The number of benzene rings is 1. The van der Waals surface area contributed by atoms with E-state index in [1.807, 2.05) is 0 Å². The zero-order chi connectivity index (χ0) is 15.1. The van der Waals surface area contributed by atoms with Crippen LogP contribution < -0.4 is 16.0 Å². The van der Waals surface area contributed by atoms with Gasteiger partial charge in [-0.15, -0.1) is 0 Å². The summed E-state index contributed by atoms with van der Waals surface area (Å²) in [4.78, 5) is 33.3. The molecular formula is C12H14BrN3O4. The first kappa shape index (κ1) is 16.0. The Bertz CT molecular complexity index is 533. The Morgan fingerprint density at radius 2 is 1.85 bits per heavy atom. The quantitative estimate of drug-likeness (QED) is 0.606. The number of carboxylic acid groups (broad SMARTS) is 1. The number of carboxylic acids is 1. The van der Waals surface area contributed by atoms with Gasteiger partial charge in [-0.25, -0.2) is 9.59 Å². The van der Waals surface area contributed by atoms with Crippen LogP contribution in [0.5, 0.6) is 0 Å². The van der Waals surface area contributed by atoms with Gasteiger partial charge in [-0.2, -0.15) is 0 Å². The topological polar surface area (TPSA) is 108 Å². The largest absolute Gasteiger partial charge is 0.478 e. The van der Waals surface area contributed by atoms with Crippen molar-refractivity contribution in [1.29, 1.82) is 0 Å². The molecule has 0 aliphatic carbocycles. The summed E-state index contributed by atoms with van der Waals surface area (Å²) < 4.78 is 0.467. The van der Waals surface area contributed by atoms with Crippen molar-refractivity contribution in [3.63, 3.8) is 0 Å². The normalized spacial score (nSPS) is 9.70. The standard InChI is InChI=1S/C12H14BrN3O4/c1-7(17)14-5-6-15-12(20)16-10-8(11(18)19)3-2-4-9(10)13/h2-4H,5-6H2,1H3,(H,14,17)(H,18,19)(H2,15,16,20). The molecule has 0 heterocycles. The Morgan fingerprint density at radius 1 is 1.20 bits per heavy atom. The monoisotopic (exact) mass is 343 g/mol. The molecule has 0 radical (unpaired) electrons. The molecule has 4 N–H and O–H groups in total. The summed E-state index contributed by atoms with van der Waals surface area (Å²) in [5, 5.41) is 16.5. The zero-order valence-corrected chi connectivity index (χ0v) is 12.3. The number of urea groups is 1. The first-order valence-corrected chi connectivity index (χ1v) is 6.52. The number of amides is 3. The van der Waals surface area contributed by atoms with Gasteiger partial charge in [0.05, 0.1) is 11.3 Å². The Hall–Kier alpha value is -2.09. The van der Waals surface area contributed by atoms with Crippen LogP contribution in [0.25, 0.3) is 0 Å². The Balaban J connectivity index is 2.62. The van der Waals surface area contributed by atoms with Crippen molar-refractivity contribution in [2.24, 2.45) is 0 Å². The number of anilines is 1. The number of rotatable bonds is 5. The minimum atomic E-state index is -1.14. The zero-order valence-electron chi connectivity index (χ0n) is 10.7. The molecule has 0 saturated heterocycles. The van der Waals surface area contributed by atoms with Crippen LogP contribution in [-0.4, -0.2) is 36.1 Å². The Morgan fingerprint density at radius 3 is 2.45 bits per heavy atom. The van der Waals surface area contributed by atoms with Gasteiger partial charge in [0.1, 0.15) is 0 Å². The van der Waals surface area contributed by atoms with Gasteiger partial charge in [0.2, 0.25) is 5.91 Å². The molecule has 1 aromatic carbocycles. The van der Waals surface area contributed by atoms with Crippen LogP contribution in [0.4, 0.5) is 10.5 Å². The third kappa shape index (κ3) is 4.88. The van der Waals surface area contributed by atoms with E-state index in [-0.39, 0.29) is 23.7 Å². The van der Waals surface area contributed by atoms with Crippen LogP contribution in [0.2, 0.25) is 0 Å². The number of hydrogen-bond donors (Lipinski definition) is 4. The molecule has 0 atom stereocenters. The Labute approximate surface area is 123 Å². The SMILES string of the molecule is CC(=O)NCCNC(=O)Nc1c(Br)cccc1C(=O)O. The predicted octanol–water partition coefficient (Wildman–Crippen LogP) is 1.40. The van der Waals surface area contributed by atoms with Gasteiger partial charge in [0.25, 0.3) is 0 Å². The lowest BCUT2D eigenvalue weighted by molar-refractivity contribution is -0.118. The Kier molecular flexibility index (Phi) is 5.98. The minimum absolute atomic E-state index is 0.0172. The lowest BCUT2D eigenvalue weighted by atomic mass is 10.2. The van der Waals surface area contributed by atoms with Crippen LogP contribution in [-0.2, 0) is 4.79 Å². The van der Waals surface area contributed by atoms with Crippen molar-refractivity contribution >= 4 is 39.5 Å². The first-order valence-electron chi connectivity index (χ1n) is 5.73. The molecule has 0 saturated carbocycles. The van der Waals surface area contributed by atoms with E-state index in [9.17, 15) is 14.4 Å². The summed E-state index contributed by atoms with van der Waals surface area (Å²) in [6.07, 6.45) is 0. The number of para-hydroxylation sites is 1. The maximum Gasteiger partial charge on any atom is 0.337 e. The summed E-state index contributed by atoms with van der Waals surface area (Å²) in [6, 6.07) is 4.03. The van der Waals surface area contributed by atoms with Crippen molar-refractivity contribution in [1.82, 2.24) is 10.6 Å². The highest BCUT2D eigenvalue weighted by Crippen LogP contribution is 2.26. The molecule has 8 heteroatoms. The number of halogens is 1. The smallest absolute Gasteiger partial charge is 0.337 e. The molecule has 3 amide bonds.